The average molecular weight is 222 g/mol. The van der Waals surface area contributed by atoms with Crippen LogP contribution in [0.5, 0.6) is 0 Å². The Hall–Kier alpha value is -1.39. The molecule has 0 saturated carbocycles. The summed E-state index contributed by atoms with van der Waals surface area (Å²) in [6.45, 7) is 1.95. The van der Waals surface area contributed by atoms with E-state index in [2.05, 4.69) is 0 Å². The molecule has 0 aliphatic rings. The van der Waals surface area contributed by atoms with Crippen molar-refractivity contribution >= 4 is 20.9 Å². The molecule has 0 atom stereocenters. The number of hydrogen-bond acceptors (Lipinski definition) is 2. The van der Waals surface area contributed by atoms with Crippen LogP contribution >= 0.6 is 0 Å². The van der Waals surface area contributed by atoms with Gasteiger partial charge in [-0.2, -0.15) is 8.42 Å². The highest BCUT2D eigenvalue weighted by Gasteiger charge is 2.09. The first kappa shape index (κ1) is 10.1. The van der Waals surface area contributed by atoms with Crippen LogP contribution in [-0.4, -0.2) is 13.0 Å². The molecule has 0 aromatic heterocycles. The van der Waals surface area contributed by atoms with Gasteiger partial charge in [0.25, 0.3) is 10.1 Å². The maximum absolute atomic E-state index is 10.9. The van der Waals surface area contributed by atoms with E-state index >= 15 is 0 Å². The number of hydrogen-bond donors (Lipinski definition) is 1. The lowest BCUT2D eigenvalue weighted by atomic mass is 10.1. The van der Waals surface area contributed by atoms with Gasteiger partial charge in [0, 0.05) is 0 Å². The van der Waals surface area contributed by atoms with Crippen LogP contribution in [0.4, 0.5) is 0 Å². The van der Waals surface area contributed by atoms with Crippen molar-refractivity contribution in [3.63, 3.8) is 0 Å². The fourth-order valence-electron chi connectivity index (χ4n) is 1.58. The van der Waals surface area contributed by atoms with Crippen LogP contribution in [0.25, 0.3) is 10.8 Å². The number of benzene rings is 2. The van der Waals surface area contributed by atoms with Gasteiger partial charge in [-0.05, 0) is 35.4 Å². The van der Waals surface area contributed by atoms with Crippen molar-refractivity contribution in [2.45, 2.75) is 11.8 Å². The Labute approximate surface area is 88.1 Å². The van der Waals surface area contributed by atoms with Crippen LogP contribution < -0.4 is 0 Å². The van der Waals surface area contributed by atoms with E-state index in [0.29, 0.717) is 0 Å². The monoisotopic (exact) mass is 222 g/mol. The van der Waals surface area contributed by atoms with Crippen LogP contribution in [0.2, 0.25) is 0 Å². The Bertz CT molecular complexity index is 615. The Morgan fingerprint density at radius 1 is 1.13 bits per heavy atom. The van der Waals surface area contributed by atoms with Crippen LogP contribution in [-0.2, 0) is 10.1 Å². The molecular weight excluding hydrogens is 212 g/mol. The third-order valence-electron chi connectivity index (χ3n) is 2.37. The predicted molar refractivity (Wildman–Crippen MR) is 58.5 cm³/mol. The second-order valence-corrected chi connectivity index (χ2v) is 4.85. The summed E-state index contributed by atoms with van der Waals surface area (Å²) >= 11 is 0. The van der Waals surface area contributed by atoms with E-state index in [0.717, 1.165) is 16.3 Å². The lowest BCUT2D eigenvalue weighted by Gasteiger charge is -2.03. The zero-order chi connectivity index (χ0) is 11.1. The molecule has 2 rings (SSSR count). The summed E-state index contributed by atoms with van der Waals surface area (Å²) in [6.07, 6.45) is 0. The SMILES string of the molecule is Cc1cccc2cc(S(=O)(=O)O)ccc12. The van der Waals surface area contributed by atoms with Gasteiger partial charge in [-0.15, -0.1) is 0 Å². The van der Waals surface area contributed by atoms with E-state index in [-0.39, 0.29) is 4.90 Å². The second kappa shape index (κ2) is 3.32. The van der Waals surface area contributed by atoms with Gasteiger partial charge >= 0.3 is 0 Å². The summed E-state index contributed by atoms with van der Waals surface area (Å²) in [7, 11) is -4.11. The van der Waals surface area contributed by atoms with Crippen LogP contribution in [0, 0.1) is 6.92 Å². The van der Waals surface area contributed by atoms with Crippen LogP contribution in [0.3, 0.4) is 0 Å². The molecule has 2 aromatic rings. The molecule has 0 saturated heterocycles. The summed E-state index contributed by atoms with van der Waals surface area (Å²) in [6, 6.07) is 10.2. The van der Waals surface area contributed by atoms with E-state index in [1.807, 2.05) is 25.1 Å². The predicted octanol–water partition coefficient (Wildman–Crippen LogP) is 2.39. The molecule has 1 N–H and O–H groups in total. The molecule has 4 heteroatoms. The zero-order valence-electron chi connectivity index (χ0n) is 8.14. The zero-order valence-corrected chi connectivity index (χ0v) is 8.95. The van der Waals surface area contributed by atoms with Crippen molar-refractivity contribution in [3.05, 3.63) is 42.0 Å². The third kappa shape index (κ3) is 1.86. The summed E-state index contributed by atoms with van der Waals surface area (Å²) in [5.74, 6) is 0. The molecular formula is C11H10O3S. The highest BCUT2D eigenvalue weighted by atomic mass is 32.2. The van der Waals surface area contributed by atoms with E-state index in [1.54, 1.807) is 6.07 Å². The quantitative estimate of drug-likeness (QED) is 0.754. The minimum absolute atomic E-state index is 0.0689. The standard InChI is InChI=1S/C11H10O3S/c1-8-3-2-4-9-7-10(15(12,13)14)5-6-11(8)9/h2-7H,1H3,(H,12,13,14). The normalized spacial score (nSPS) is 11.9. The maximum atomic E-state index is 10.9. The Morgan fingerprint density at radius 3 is 2.53 bits per heavy atom. The van der Waals surface area contributed by atoms with Crippen molar-refractivity contribution in [2.75, 3.05) is 0 Å². The maximum Gasteiger partial charge on any atom is 0.294 e. The van der Waals surface area contributed by atoms with E-state index in [1.165, 1.54) is 12.1 Å². The van der Waals surface area contributed by atoms with E-state index in [9.17, 15) is 8.42 Å². The third-order valence-corrected chi connectivity index (χ3v) is 3.22. The fraction of sp³-hybridized carbons (Fsp3) is 0.0909. The van der Waals surface area contributed by atoms with Crippen molar-refractivity contribution in [3.8, 4) is 0 Å². The smallest absolute Gasteiger partial charge is 0.282 e. The number of aryl methyl sites for hydroxylation is 1. The molecule has 0 aliphatic carbocycles. The van der Waals surface area contributed by atoms with Crippen LogP contribution in [0.15, 0.2) is 41.3 Å². The summed E-state index contributed by atoms with van der Waals surface area (Å²) in [5, 5.41) is 1.80. The van der Waals surface area contributed by atoms with Gasteiger partial charge in [0.1, 0.15) is 0 Å². The molecule has 0 bridgehead atoms. The Morgan fingerprint density at radius 2 is 1.87 bits per heavy atom. The highest BCUT2D eigenvalue weighted by Crippen LogP contribution is 2.21. The topological polar surface area (TPSA) is 54.4 Å². The molecule has 0 aliphatic heterocycles. The largest absolute Gasteiger partial charge is 0.294 e. The first-order valence-corrected chi connectivity index (χ1v) is 5.89. The molecule has 0 radical (unpaired) electrons. The number of rotatable bonds is 1. The molecule has 0 unspecified atom stereocenters. The van der Waals surface area contributed by atoms with Gasteiger partial charge < -0.3 is 0 Å². The Kier molecular flexibility index (Phi) is 2.25. The molecule has 0 heterocycles. The number of fused-ring (bicyclic) bond motifs is 1. The van der Waals surface area contributed by atoms with Crippen molar-refractivity contribution in [2.24, 2.45) is 0 Å². The lowest BCUT2D eigenvalue weighted by Crippen LogP contribution is -1.97. The van der Waals surface area contributed by atoms with Gasteiger partial charge in [-0.1, -0.05) is 24.3 Å². The first-order valence-electron chi connectivity index (χ1n) is 4.45. The van der Waals surface area contributed by atoms with Gasteiger partial charge in [0.05, 0.1) is 4.90 Å². The lowest BCUT2D eigenvalue weighted by molar-refractivity contribution is 0.483. The minimum Gasteiger partial charge on any atom is -0.282 e. The average Bonchev–Trinajstić information content (AvgIpc) is 2.16. The molecule has 2 aromatic carbocycles. The molecule has 0 spiro atoms. The van der Waals surface area contributed by atoms with E-state index < -0.39 is 10.1 Å². The van der Waals surface area contributed by atoms with E-state index in [4.69, 9.17) is 4.55 Å². The molecule has 0 fully saturated rings. The molecule has 78 valence electrons. The highest BCUT2D eigenvalue weighted by molar-refractivity contribution is 7.85. The first-order chi connectivity index (χ1) is 6.98. The molecule has 3 nitrogen and oxygen atoms in total. The van der Waals surface area contributed by atoms with Gasteiger partial charge in [0.2, 0.25) is 0 Å². The van der Waals surface area contributed by atoms with Crippen molar-refractivity contribution in [1.29, 1.82) is 0 Å². The van der Waals surface area contributed by atoms with Crippen molar-refractivity contribution < 1.29 is 13.0 Å². The molecule has 15 heavy (non-hydrogen) atoms. The van der Waals surface area contributed by atoms with Gasteiger partial charge in [-0.3, -0.25) is 4.55 Å². The molecule has 0 amide bonds. The fourth-order valence-corrected chi connectivity index (χ4v) is 2.10. The van der Waals surface area contributed by atoms with Crippen molar-refractivity contribution in [1.82, 2.24) is 0 Å². The van der Waals surface area contributed by atoms with Gasteiger partial charge in [-0.25, -0.2) is 0 Å². The summed E-state index contributed by atoms with van der Waals surface area (Å²) < 4.78 is 30.7. The summed E-state index contributed by atoms with van der Waals surface area (Å²) in [4.78, 5) is -0.0689. The minimum atomic E-state index is -4.11. The van der Waals surface area contributed by atoms with Crippen LogP contribution in [0.1, 0.15) is 5.56 Å². The summed E-state index contributed by atoms with van der Waals surface area (Å²) in [5.41, 5.74) is 1.08. The Balaban J connectivity index is 2.79. The van der Waals surface area contributed by atoms with Gasteiger partial charge in [0.15, 0.2) is 0 Å². The second-order valence-electron chi connectivity index (χ2n) is 3.43.